The molecular weight excluding hydrogens is 122 g/mol. The third-order valence-electron chi connectivity index (χ3n) is 2.33. The van der Waals surface area contributed by atoms with Crippen molar-refractivity contribution in [2.45, 2.75) is 39.0 Å². The summed E-state index contributed by atoms with van der Waals surface area (Å²) in [5.41, 5.74) is 5.42. The predicted octanol–water partition coefficient (Wildman–Crippen LogP) is 2.16. The van der Waals surface area contributed by atoms with Crippen LogP contribution in [0.15, 0.2) is 0 Å². The minimum Gasteiger partial charge on any atom is -0.330 e. The SMILES string of the molecule is CC(CCCN)CC1CC1. The Morgan fingerprint density at radius 1 is 1.50 bits per heavy atom. The van der Waals surface area contributed by atoms with Crippen molar-refractivity contribution in [1.29, 1.82) is 0 Å². The molecule has 0 bridgehead atoms. The predicted molar refractivity (Wildman–Crippen MR) is 44.8 cm³/mol. The van der Waals surface area contributed by atoms with Crippen molar-refractivity contribution in [2.75, 3.05) is 6.54 Å². The highest BCUT2D eigenvalue weighted by molar-refractivity contribution is 4.75. The molecule has 0 radical (unpaired) electrons. The van der Waals surface area contributed by atoms with Gasteiger partial charge in [-0.2, -0.15) is 0 Å². The van der Waals surface area contributed by atoms with E-state index in [1.807, 2.05) is 0 Å². The maximum absolute atomic E-state index is 5.42. The Balaban J connectivity index is 1.91. The minimum atomic E-state index is 0.870. The third kappa shape index (κ3) is 3.21. The van der Waals surface area contributed by atoms with E-state index in [9.17, 15) is 0 Å². The summed E-state index contributed by atoms with van der Waals surface area (Å²) < 4.78 is 0. The largest absolute Gasteiger partial charge is 0.330 e. The van der Waals surface area contributed by atoms with Crippen molar-refractivity contribution in [2.24, 2.45) is 17.6 Å². The van der Waals surface area contributed by atoms with E-state index in [0.29, 0.717) is 0 Å². The smallest absolute Gasteiger partial charge is 0.00772 e. The summed E-state index contributed by atoms with van der Waals surface area (Å²) in [6.07, 6.45) is 7.00. The number of rotatable bonds is 5. The van der Waals surface area contributed by atoms with Crippen molar-refractivity contribution in [1.82, 2.24) is 0 Å². The second-order valence-electron chi connectivity index (χ2n) is 3.72. The van der Waals surface area contributed by atoms with Crippen LogP contribution in [0.25, 0.3) is 0 Å². The summed E-state index contributed by atoms with van der Waals surface area (Å²) in [6, 6.07) is 0. The molecule has 0 aromatic rings. The fraction of sp³-hybridized carbons (Fsp3) is 1.00. The first-order chi connectivity index (χ1) is 4.83. The normalized spacial score (nSPS) is 21.0. The Morgan fingerprint density at radius 2 is 2.20 bits per heavy atom. The van der Waals surface area contributed by atoms with Gasteiger partial charge in [0.15, 0.2) is 0 Å². The molecule has 0 spiro atoms. The first-order valence-electron chi connectivity index (χ1n) is 4.53. The average molecular weight is 141 g/mol. The quantitative estimate of drug-likeness (QED) is 0.624. The molecule has 1 atom stereocenters. The number of hydrogen-bond donors (Lipinski definition) is 1. The molecule has 1 aliphatic rings. The van der Waals surface area contributed by atoms with Crippen molar-refractivity contribution < 1.29 is 0 Å². The van der Waals surface area contributed by atoms with Crippen LogP contribution in [0.3, 0.4) is 0 Å². The lowest BCUT2D eigenvalue weighted by atomic mass is 9.99. The van der Waals surface area contributed by atoms with Crippen LogP contribution in [-0.4, -0.2) is 6.54 Å². The Kier molecular flexibility index (Phi) is 3.20. The molecular formula is C9H19N. The van der Waals surface area contributed by atoms with E-state index in [4.69, 9.17) is 5.73 Å². The summed E-state index contributed by atoms with van der Waals surface area (Å²) in [5.74, 6) is 2.02. The summed E-state index contributed by atoms with van der Waals surface area (Å²) in [5, 5.41) is 0. The summed E-state index contributed by atoms with van der Waals surface area (Å²) in [7, 11) is 0. The van der Waals surface area contributed by atoms with Crippen molar-refractivity contribution in [3.8, 4) is 0 Å². The van der Waals surface area contributed by atoms with E-state index < -0.39 is 0 Å². The molecule has 1 heteroatoms. The lowest BCUT2D eigenvalue weighted by Crippen LogP contribution is -2.03. The van der Waals surface area contributed by atoms with Crippen LogP contribution >= 0.6 is 0 Å². The van der Waals surface area contributed by atoms with Gasteiger partial charge in [0.2, 0.25) is 0 Å². The Labute approximate surface area is 64.0 Å². The van der Waals surface area contributed by atoms with E-state index in [1.165, 1.54) is 32.1 Å². The minimum absolute atomic E-state index is 0.870. The Bertz CT molecular complexity index is 86.7. The summed E-state index contributed by atoms with van der Waals surface area (Å²) in [6.45, 7) is 3.23. The van der Waals surface area contributed by atoms with Gasteiger partial charge in [-0.25, -0.2) is 0 Å². The maximum Gasteiger partial charge on any atom is -0.00772 e. The molecule has 1 aliphatic carbocycles. The van der Waals surface area contributed by atoms with Crippen molar-refractivity contribution in [3.05, 3.63) is 0 Å². The van der Waals surface area contributed by atoms with Crippen molar-refractivity contribution >= 4 is 0 Å². The summed E-state index contributed by atoms with van der Waals surface area (Å²) >= 11 is 0. The highest BCUT2D eigenvalue weighted by atomic mass is 14.5. The zero-order valence-electron chi connectivity index (χ0n) is 6.97. The molecule has 0 saturated heterocycles. The van der Waals surface area contributed by atoms with Crippen LogP contribution in [0.1, 0.15) is 39.0 Å². The Morgan fingerprint density at radius 3 is 2.70 bits per heavy atom. The fourth-order valence-corrected chi connectivity index (χ4v) is 1.51. The Hall–Kier alpha value is -0.0400. The molecule has 0 aromatic carbocycles. The van der Waals surface area contributed by atoms with Gasteiger partial charge in [0.05, 0.1) is 0 Å². The highest BCUT2D eigenvalue weighted by Gasteiger charge is 2.22. The van der Waals surface area contributed by atoms with Crippen LogP contribution in [0.2, 0.25) is 0 Å². The molecule has 60 valence electrons. The topological polar surface area (TPSA) is 26.0 Å². The van der Waals surface area contributed by atoms with E-state index in [2.05, 4.69) is 6.92 Å². The molecule has 0 aromatic heterocycles. The highest BCUT2D eigenvalue weighted by Crippen LogP contribution is 2.36. The van der Waals surface area contributed by atoms with Gasteiger partial charge < -0.3 is 5.73 Å². The van der Waals surface area contributed by atoms with Crippen LogP contribution in [0.4, 0.5) is 0 Å². The lowest BCUT2D eigenvalue weighted by Gasteiger charge is -2.08. The van der Waals surface area contributed by atoms with Gasteiger partial charge in [-0.3, -0.25) is 0 Å². The zero-order valence-corrected chi connectivity index (χ0v) is 6.97. The summed E-state index contributed by atoms with van der Waals surface area (Å²) in [4.78, 5) is 0. The van der Waals surface area contributed by atoms with Crippen LogP contribution in [0.5, 0.6) is 0 Å². The van der Waals surface area contributed by atoms with E-state index in [0.717, 1.165) is 18.4 Å². The monoisotopic (exact) mass is 141 g/mol. The standard InChI is InChI=1S/C9H19N/c1-8(3-2-6-10)7-9-4-5-9/h8-9H,2-7,10H2,1H3. The molecule has 10 heavy (non-hydrogen) atoms. The molecule has 1 nitrogen and oxygen atoms in total. The van der Waals surface area contributed by atoms with Crippen molar-refractivity contribution in [3.63, 3.8) is 0 Å². The van der Waals surface area contributed by atoms with Gasteiger partial charge in [0.25, 0.3) is 0 Å². The number of hydrogen-bond acceptors (Lipinski definition) is 1. The third-order valence-corrected chi connectivity index (χ3v) is 2.33. The molecule has 1 saturated carbocycles. The molecule has 1 rings (SSSR count). The van der Waals surface area contributed by atoms with Gasteiger partial charge in [-0.1, -0.05) is 19.8 Å². The first-order valence-corrected chi connectivity index (χ1v) is 4.53. The van der Waals surface area contributed by atoms with E-state index >= 15 is 0 Å². The van der Waals surface area contributed by atoms with E-state index in [-0.39, 0.29) is 0 Å². The molecule has 0 aliphatic heterocycles. The van der Waals surface area contributed by atoms with Crippen LogP contribution in [0, 0.1) is 11.8 Å². The van der Waals surface area contributed by atoms with E-state index in [1.54, 1.807) is 0 Å². The zero-order chi connectivity index (χ0) is 7.40. The lowest BCUT2D eigenvalue weighted by molar-refractivity contribution is 0.451. The average Bonchev–Trinajstić information content (AvgIpc) is 2.67. The molecule has 1 fully saturated rings. The van der Waals surface area contributed by atoms with Gasteiger partial charge in [-0.15, -0.1) is 0 Å². The molecule has 2 N–H and O–H groups in total. The molecule has 0 amide bonds. The van der Waals surface area contributed by atoms with Gasteiger partial charge in [0, 0.05) is 0 Å². The van der Waals surface area contributed by atoms with Crippen LogP contribution < -0.4 is 5.73 Å². The van der Waals surface area contributed by atoms with Crippen LogP contribution in [-0.2, 0) is 0 Å². The fourth-order valence-electron chi connectivity index (χ4n) is 1.51. The number of nitrogens with two attached hydrogens (primary N) is 1. The molecule has 0 heterocycles. The molecule has 1 unspecified atom stereocenters. The van der Waals surface area contributed by atoms with Gasteiger partial charge in [0.1, 0.15) is 0 Å². The first kappa shape index (κ1) is 8.06. The second-order valence-corrected chi connectivity index (χ2v) is 3.72. The second kappa shape index (κ2) is 3.97. The maximum atomic E-state index is 5.42. The van der Waals surface area contributed by atoms with Gasteiger partial charge in [-0.05, 0) is 37.6 Å². The van der Waals surface area contributed by atoms with Gasteiger partial charge >= 0.3 is 0 Å².